The number of rotatable bonds is 2. The van der Waals surface area contributed by atoms with Crippen molar-refractivity contribution in [3.63, 3.8) is 0 Å². The lowest BCUT2D eigenvalue weighted by Gasteiger charge is -2.11. The highest BCUT2D eigenvalue weighted by atomic mass is 32.2. The molecule has 4 heteroatoms. The molecule has 0 aromatic rings. The normalized spacial score (nSPS) is 30.4. The summed E-state index contributed by atoms with van der Waals surface area (Å²) in [5.41, 5.74) is 5.69. The van der Waals surface area contributed by atoms with Crippen molar-refractivity contribution in [3.8, 4) is 0 Å². The molecule has 1 saturated heterocycles. The molecule has 0 saturated carbocycles. The molecule has 2 N–H and O–H groups in total. The maximum Gasteiger partial charge on any atom is 0.311 e. The number of hydrogen-bond acceptors (Lipinski definition) is 4. The molecular formula is C7H13NO2S. The SMILES string of the molecule is CCOC(=O)C1CSCC1N. The van der Waals surface area contributed by atoms with Crippen LogP contribution in [0, 0.1) is 5.92 Å². The van der Waals surface area contributed by atoms with Crippen LogP contribution in [0.15, 0.2) is 0 Å². The van der Waals surface area contributed by atoms with E-state index in [1.54, 1.807) is 11.8 Å². The van der Waals surface area contributed by atoms with Crippen LogP contribution in [0.5, 0.6) is 0 Å². The van der Waals surface area contributed by atoms with Crippen LogP contribution in [0.1, 0.15) is 6.92 Å². The van der Waals surface area contributed by atoms with E-state index in [2.05, 4.69) is 0 Å². The smallest absolute Gasteiger partial charge is 0.311 e. The van der Waals surface area contributed by atoms with Gasteiger partial charge >= 0.3 is 5.97 Å². The Hall–Kier alpha value is -0.220. The predicted octanol–water partition coefficient (Wildman–Crippen LogP) is 0.240. The summed E-state index contributed by atoms with van der Waals surface area (Å²) in [5.74, 6) is 1.49. The standard InChI is InChI=1S/C7H13NO2S/c1-2-10-7(9)5-3-11-4-6(5)8/h5-6H,2-4,8H2,1H3. The number of ether oxygens (including phenoxy) is 1. The second-order valence-corrected chi connectivity index (χ2v) is 3.63. The van der Waals surface area contributed by atoms with Gasteiger partial charge in [-0.1, -0.05) is 0 Å². The van der Waals surface area contributed by atoms with Crippen molar-refractivity contribution in [3.05, 3.63) is 0 Å². The van der Waals surface area contributed by atoms with Gasteiger partial charge in [0.05, 0.1) is 12.5 Å². The quantitative estimate of drug-likeness (QED) is 0.611. The van der Waals surface area contributed by atoms with E-state index in [0.29, 0.717) is 6.61 Å². The molecular weight excluding hydrogens is 162 g/mol. The van der Waals surface area contributed by atoms with Gasteiger partial charge in [-0.2, -0.15) is 11.8 Å². The highest BCUT2D eigenvalue weighted by Crippen LogP contribution is 2.23. The number of thioether (sulfide) groups is 1. The van der Waals surface area contributed by atoms with Crippen LogP contribution in [-0.2, 0) is 9.53 Å². The van der Waals surface area contributed by atoms with Gasteiger partial charge in [0.15, 0.2) is 0 Å². The Morgan fingerprint density at radius 2 is 2.45 bits per heavy atom. The summed E-state index contributed by atoms with van der Waals surface area (Å²) in [4.78, 5) is 11.1. The number of esters is 1. The topological polar surface area (TPSA) is 52.3 Å². The minimum Gasteiger partial charge on any atom is -0.466 e. The van der Waals surface area contributed by atoms with E-state index < -0.39 is 0 Å². The van der Waals surface area contributed by atoms with Crippen molar-refractivity contribution in [2.45, 2.75) is 13.0 Å². The lowest BCUT2D eigenvalue weighted by atomic mass is 10.1. The average molecular weight is 175 g/mol. The van der Waals surface area contributed by atoms with E-state index in [-0.39, 0.29) is 17.9 Å². The van der Waals surface area contributed by atoms with Crippen LogP contribution in [0.3, 0.4) is 0 Å². The minimum atomic E-state index is -0.134. The molecule has 11 heavy (non-hydrogen) atoms. The second kappa shape index (κ2) is 3.97. The number of nitrogens with two attached hydrogens (primary N) is 1. The van der Waals surface area contributed by atoms with Gasteiger partial charge in [0.1, 0.15) is 0 Å². The van der Waals surface area contributed by atoms with E-state index in [4.69, 9.17) is 10.5 Å². The second-order valence-electron chi connectivity index (χ2n) is 2.56. The third-order valence-electron chi connectivity index (χ3n) is 1.71. The molecule has 1 aliphatic heterocycles. The summed E-state index contributed by atoms with van der Waals surface area (Å²) in [6, 6.07) is -0.000880. The summed E-state index contributed by atoms with van der Waals surface area (Å²) < 4.78 is 4.86. The highest BCUT2D eigenvalue weighted by molar-refractivity contribution is 7.99. The van der Waals surface area contributed by atoms with Crippen molar-refractivity contribution in [2.75, 3.05) is 18.1 Å². The van der Waals surface area contributed by atoms with Crippen LogP contribution in [-0.4, -0.2) is 30.1 Å². The molecule has 0 amide bonds. The molecule has 2 unspecified atom stereocenters. The first kappa shape index (κ1) is 8.87. The summed E-state index contributed by atoms with van der Waals surface area (Å²) in [5, 5.41) is 0. The Balaban J connectivity index is 2.39. The fourth-order valence-corrected chi connectivity index (χ4v) is 2.34. The van der Waals surface area contributed by atoms with Gasteiger partial charge in [0.25, 0.3) is 0 Å². The number of carbonyl (C=O) groups excluding carboxylic acids is 1. The molecule has 1 fully saturated rings. The first-order valence-electron chi connectivity index (χ1n) is 3.75. The molecule has 0 aromatic carbocycles. The first-order chi connectivity index (χ1) is 5.25. The van der Waals surface area contributed by atoms with Gasteiger partial charge in [0.2, 0.25) is 0 Å². The van der Waals surface area contributed by atoms with E-state index in [1.165, 1.54) is 0 Å². The number of hydrogen-bond donors (Lipinski definition) is 1. The molecule has 1 heterocycles. The first-order valence-corrected chi connectivity index (χ1v) is 4.91. The minimum absolute atomic E-state index is 0.000880. The average Bonchev–Trinajstić information content (AvgIpc) is 2.36. The summed E-state index contributed by atoms with van der Waals surface area (Å²) in [6.07, 6.45) is 0. The molecule has 2 atom stereocenters. The Bertz CT molecular complexity index is 151. The van der Waals surface area contributed by atoms with E-state index in [0.717, 1.165) is 11.5 Å². The third kappa shape index (κ3) is 2.10. The van der Waals surface area contributed by atoms with Crippen molar-refractivity contribution < 1.29 is 9.53 Å². The molecule has 0 spiro atoms. The summed E-state index contributed by atoms with van der Waals surface area (Å²) in [7, 11) is 0. The Kier molecular flexibility index (Phi) is 3.20. The van der Waals surface area contributed by atoms with Gasteiger partial charge in [-0.3, -0.25) is 4.79 Å². The highest BCUT2D eigenvalue weighted by Gasteiger charge is 2.31. The molecule has 0 radical (unpaired) electrons. The van der Waals surface area contributed by atoms with E-state index in [9.17, 15) is 4.79 Å². The lowest BCUT2D eigenvalue weighted by Crippen LogP contribution is -2.35. The van der Waals surface area contributed by atoms with Crippen molar-refractivity contribution >= 4 is 17.7 Å². The monoisotopic (exact) mass is 175 g/mol. The predicted molar refractivity (Wildman–Crippen MR) is 45.4 cm³/mol. The van der Waals surface area contributed by atoms with Gasteiger partial charge in [-0.15, -0.1) is 0 Å². The van der Waals surface area contributed by atoms with Crippen LogP contribution in [0.2, 0.25) is 0 Å². The zero-order valence-corrected chi connectivity index (χ0v) is 7.39. The largest absolute Gasteiger partial charge is 0.466 e. The molecule has 1 rings (SSSR count). The molecule has 3 nitrogen and oxygen atoms in total. The van der Waals surface area contributed by atoms with Crippen molar-refractivity contribution in [1.29, 1.82) is 0 Å². The molecule has 64 valence electrons. The Morgan fingerprint density at radius 1 is 1.73 bits per heavy atom. The fraction of sp³-hybridized carbons (Fsp3) is 0.857. The Labute approximate surface area is 70.7 Å². The zero-order chi connectivity index (χ0) is 8.27. The van der Waals surface area contributed by atoms with Crippen LogP contribution < -0.4 is 5.73 Å². The van der Waals surface area contributed by atoms with Gasteiger partial charge in [-0.25, -0.2) is 0 Å². The molecule has 0 bridgehead atoms. The molecule has 1 aliphatic rings. The summed E-state index contributed by atoms with van der Waals surface area (Å²) in [6.45, 7) is 2.26. The maximum absolute atomic E-state index is 11.1. The lowest BCUT2D eigenvalue weighted by molar-refractivity contribution is -0.147. The Morgan fingerprint density at radius 3 is 2.91 bits per heavy atom. The van der Waals surface area contributed by atoms with E-state index in [1.807, 2.05) is 6.92 Å². The zero-order valence-electron chi connectivity index (χ0n) is 6.58. The number of carbonyl (C=O) groups is 1. The fourth-order valence-electron chi connectivity index (χ4n) is 1.06. The van der Waals surface area contributed by atoms with Gasteiger partial charge in [0, 0.05) is 17.5 Å². The molecule has 0 aliphatic carbocycles. The van der Waals surface area contributed by atoms with Crippen molar-refractivity contribution in [1.82, 2.24) is 0 Å². The van der Waals surface area contributed by atoms with Gasteiger partial charge < -0.3 is 10.5 Å². The van der Waals surface area contributed by atoms with Gasteiger partial charge in [-0.05, 0) is 6.92 Å². The third-order valence-corrected chi connectivity index (χ3v) is 2.93. The van der Waals surface area contributed by atoms with Crippen LogP contribution in [0.25, 0.3) is 0 Å². The molecule has 0 aromatic heterocycles. The van der Waals surface area contributed by atoms with Crippen LogP contribution >= 0.6 is 11.8 Å². The van der Waals surface area contributed by atoms with E-state index >= 15 is 0 Å². The summed E-state index contributed by atoms with van der Waals surface area (Å²) >= 11 is 1.72. The van der Waals surface area contributed by atoms with Crippen molar-refractivity contribution in [2.24, 2.45) is 11.7 Å². The van der Waals surface area contributed by atoms with Crippen LogP contribution in [0.4, 0.5) is 0 Å². The maximum atomic E-state index is 11.1.